The molecule has 4 heterocycles. The van der Waals surface area contributed by atoms with Crippen LogP contribution in [0.2, 0.25) is 5.02 Å². The largest absolute Gasteiger partial charge is 0.435 e. The van der Waals surface area contributed by atoms with E-state index in [1.165, 1.54) is 18.4 Å². The summed E-state index contributed by atoms with van der Waals surface area (Å²) in [6.07, 6.45) is 5.55. The Morgan fingerprint density at radius 3 is 2.63 bits per heavy atom. The highest BCUT2D eigenvalue weighted by Gasteiger charge is 2.22. The van der Waals surface area contributed by atoms with Gasteiger partial charge in [0.2, 0.25) is 5.89 Å². The van der Waals surface area contributed by atoms with Gasteiger partial charge in [-0.25, -0.2) is 9.67 Å². The van der Waals surface area contributed by atoms with Gasteiger partial charge in [0.05, 0.1) is 22.0 Å². The van der Waals surface area contributed by atoms with Gasteiger partial charge in [-0.1, -0.05) is 35.9 Å². The smallest absolute Gasteiger partial charge is 0.227 e. The van der Waals surface area contributed by atoms with Crippen molar-refractivity contribution in [3.63, 3.8) is 0 Å². The van der Waals surface area contributed by atoms with Crippen molar-refractivity contribution in [3.8, 4) is 34.3 Å². The second-order valence-corrected chi connectivity index (χ2v) is 11.6. The van der Waals surface area contributed by atoms with E-state index >= 15 is 0 Å². The van der Waals surface area contributed by atoms with E-state index in [1.807, 2.05) is 41.1 Å². The third kappa shape index (κ3) is 4.72. The highest BCUT2D eigenvalue weighted by atomic mass is 35.5. The second-order valence-electron chi connectivity index (χ2n) is 11.3. The zero-order valence-electron chi connectivity index (χ0n) is 23.3. The number of nitrogens with zero attached hydrogens (tertiary/aromatic N) is 6. The minimum atomic E-state index is 0.505. The van der Waals surface area contributed by atoms with E-state index < -0.39 is 0 Å². The maximum atomic E-state index is 9.89. The molecule has 5 aromatic rings. The van der Waals surface area contributed by atoms with E-state index in [1.54, 1.807) is 0 Å². The molecule has 0 N–H and O–H groups in total. The lowest BCUT2D eigenvalue weighted by atomic mass is 9.96. The Morgan fingerprint density at radius 2 is 1.80 bits per heavy atom. The Kier molecular flexibility index (Phi) is 6.63. The topological polar surface area (TPSA) is 74.1 Å². The minimum Gasteiger partial charge on any atom is -0.435 e. The molecule has 8 heteroatoms. The van der Waals surface area contributed by atoms with Gasteiger partial charge in [-0.05, 0) is 92.8 Å². The van der Waals surface area contributed by atoms with Crippen molar-refractivity contribution in [2.75, 3.05) is 26.7 Å². The fraction of sp³-hybridized carbons (Fsp3) is 0.303. The third-order valence-electron chi connectivity index (χ3n) is 8.41. The maximum absolute atomic E-state index is 9.89. The Morgan fingerprint density at radius 1 is 1.02 bits per heavy atom. The van der Waals surface area contributed by atoms with Crippen LogP contribution < -0.4 is 0 Å². The fourth-order valence-corrected chi connectivity index (χ4v) is 6.51. The molecule has 206 valence electrons. The fourth-order valence-electron chi connectivity index (χ4n) is 6.20. The van der Waals surface area contributed by atoms with Crippen molar-refractivity contribution in [3.05, 3.63) is 87.7 Å². The molecule has 3 aromatic carbocycles. The van der Waals surface area contributed by atoms with Crippen molar-refractivity contribution < 1.29 is 4.42 Å². The number of hydrogen-bond acceptors (Lipinski definition) is 6. The number of likely N-dealkylation sites (N-methyl/N-ethyl adjacent to an activating group) is 1. The van der Waals surface area contributed by atoms with Crippen molar-refractivity contribution >= 4 is 22.7 Å². The zero-order chi connectivity index (χ0) is 28.1. The first kappa shape index (κ1) is 26.0. The summed E-state index contributed by atoms with van der Waals surface area (Å²) >= 11 is 7.08. The van der Waals surface area contributed by atoms with Crippen molar-refractivity contribution in [1.82, 2.24) is 24.6 Å². The van der Waals surface area contributed by atoms with Crippen LogP contribution in [0.1, 0.15) is 40.8 Å². The van der Waals surface area contributed by atoms with E-state index in [0.29, 0.717) is 27.6 Å². The molecular formula is C33H31ClN6O. The summed E-state index contributed by atoms with van der Waals surface area (Å²) in [6.45, 7) is 6.96. The van der Waals surface area contributed by atoms with Crippen LogP contribution in [0.3, 0.4) is 0 Å². The molecule has 0 saturated carbocycles. The molecule has 2 aliphatic heterocycles. The van der Waals surface area contributed by atoms with Gasteiger partial charge in [0.25, 0.3) is 0 Å². The minimum absolute atomic E-state index is 0.505. The van der Waals surface area contributed by atoms with Crippen molar-refractivity contribution in [1.29, 1.82) is 5.26 Å². The lowest BCUT2D eigenvalue weighted by molar-refractivity contribution is 0.308. The van der Waals surface area contributed by atoms with E-state index in [2.05, 4.69) is 48.2 Å². The predicted octanol–water partition coefficient (Wildman–Crippen LogP) is 6.76. The number of likely N-dealkylation sites (tertiary alicyclic amines) is 1. The summed E-state index contributed by atoms with van der Waals surface area (Å²) in [4.78, 5) is 9.57. The molecule has 2 aromatic heterocycles. The van der Waals surface area contributed by atoms with Crippen LogP contribution in [0.25, 0.3) is 39.4 Å². The SMILES string of the molecule is Cc1c(-c2nc3cc(CN4CCCC4)cc(C#N)c3o2)cccc1-c1cccc(-n2cc3c(n2)CN(C)CC3)c1Cl. The van der Waals surface area contributed by atoms with Gasteiger partial charge < -0.3 is 9.32 Å². The molecule has 0 atom stereocenters. The lowest BCUT2D eigenvalue weighted by Crippen LogP contribution is -2.26. The van der Waals surface area contributed by atoms with E-state index in [0.717, 1.165) is 78.3 Å². The third-order valence-corrected chi connectivity index (χ3v) is 8.81. The van der Waals surface area contributed by atoms with E-state index in [9.17, 15) is 5.26 Å². The second kappa shape index (κ2) is 10.5. The van der Waals surface area contributed by atoms with Crippen molar-refractivity contribution in [2.24, 2.45) is 0 Å². The number of fused-ring (bicyclic) bond motifs is 2. The van der Waals surface area contributed by atoms with Crippen molar-refractivity contribution in [2.45, 2.75) is 39.3 Å². The molecule has 7 nitrogen and oxygen atoms in total. The Balaban J connectivity index is 1.26. The first-order valence-corrected chi connectivity index (χ1v) is 14.6. The monoisotopic (exact) mass is 562 g/mol. The number of benzene rings is 3. The Labute approximate surface area is 244 Å². The summed E-state index contributed by atoms with van der Waals surface area (Å²) in [7, 11) is 2.12. The summed E-state index contributed by atoms with van der Waals surface area (Å²) in [5.74, 6) is 0.505. The molecule has 0 radical (unpaired) electrons. The van der Waals surface area contributed by atoms with Gasteiger partial charge in [0.1, 0.15) is 11.6 Å². The summed E-state index contributed by atoms with van der Waals surface area (Å²) in [5, 5.41) is 15.4. The summed E-state index contributed by atoms with van der Waals surface area (Å²) in [5.41, 5.74) is 9.92. The molecule has 0 bridgehead atoms. The van der Waals surface area contributed by atoms with Crippen LogP contribution in [0.15, 0.2) is 59.1 Å². The Bertz CT molecular complexity index is 1820. The van der Waals surface area contributed by atoms with Gasteiger partial charge in [0, 0.05) is 37.0 Å². The number of oxazole rings is 1. The molecule has 0 unspecified atom stereocenters. The summed E-state index contributed by atoms with van der Waals surface area (Å²) < 4.78 is 8.17. The van der Waals surface area contributed by atoms with Crippen LogP contribution >= 0.6 is 11.6 Å². The average molecular weight is 563 g/mol. The molecule has 0 aliphatic carbocycles. The normalized spacial score (nSPS) is 15.9. The maximum Gasteiger partial charge on any atom is 0.227 e. The quantitative estimate of drug-likeness (QED) is 0.235. The van der Waals surface area contributed by atoms with E-state index in [4.69, 9.17) is 26.1 Å². The standard InChI is InChI=1S/C33H31ClN6O/c1-21-25(27-9-6-10-30(31(27)34)40-19-23-11-14-38(2)20-29(23)37-40)7-5-8-26(21)33-36-28-16-22(18-39-12-3-4-13-39)15-24(17-35)32(28)41-33/h5-10,15-16,19H,3-4,11-14,18,20H2,1-2H3. The van der Waals surface area contributed by atoms with Crippen LogP contribution in [-0.4, -0.2) is 51.2 Å². The first-order chi connectivity index (χ1) is 20.0. The van der Waals surface area contributed by atoms with Gasteiger partial charge >= 0.3 is 0 Å². The number of hydrogen-bond donors (Lipinski definition) is 0. The molecule has 7 rings (SSSR count). The molecule has 0 amide bonds. The Hall–Kier alpha value is -3.96. The number of aromatic nitrogens is 3. The highest BCUT2D eigenvalue weighted by molar-refractivity contribution is 6.35. The lowest BCUT2D eigenvalue weighted by Gasteiger charge is -2.20. The number of nitriles is 1. The average Bonchev–Trinajstić information content (AvgIpc) is 3.73. The molecule has 41 heavy (non-hydrogen) atoms. The van der Waals surface area contributed by atoms with E-state index in [-0.39, 0.29) is 0 Å². The predicted molar refractivity (Wildman–Crippen MR) is 161 cm³/mol. The molecule has 2 aliphatic rings. The van der Waals surface area contributed by atoms with Gasteiger partial charge in [-0.15, -0.1) is 0 Å². The molecular weight excluding hydrogens is 532 g/mol. The zero-order valence-corrected chi connectivity index (χ0v) is 24.1. The molecule has 1 saturated heterocycles. The highest BCUT2D eigenvalue weighted by Crippen LogP contribution is 2.39. The van der Waals surface area contributed by atoms with Gasteiger partial charge in [-0.3, -0.25) is 4.90 Å². The van der Waals surface area contributed by atoms with Crippen LogP contribution in [0.5, 0.6) is 0 Å². The summed E-state index contributed by atoms with van der Waals surface area (Å²) in [6, 6.07) is 18.5. The molecule has 1 fully saturated rings. The number of halogens is 1. The van der Waals surface area contributed by atoms with Gasteiger partial charge in [-0.2, -0.15) is 10.4 Å². The molecule has 0 spiro atoms. The first-order valence-electron chi connectivity index (χ1n) is 14.2. The van der Waals surface area contributed by atoms with Crippen LogP contribution in [0, 0.1) is 18.3 Å². The van der Waals surface area contributed by atoms with Crippen LogP contribution in [-0.2, 0) is 19.5 Å². The van der Waals surface area contributed by atoms with Crippen LogP contribution in [0.4, 0.5) is 0 Å². The number of rotatable bonds is 5. The van der Waals surface area contributed by atoms with Gasteiger partial charge in [0.15, 0.2) is 5.58 Å².